The topological polar surface area (TPSA) is 104 Å². The highest BCUT2D eigenvalue weighted by Gasteiger charge is 2.61. The first-order valence-corrected chi connectivity index (χ1v) is 30.1. The van der Waals surface area contributed by atoms with E-state index in [-0.39, 0.29) is 29.7 Å². The van der Waals surface area contributed by atoms with Crippen LogP contribution in [0.25, 0.3) is 0 Å². The van der Waals surface area contributed by atoms with Gasteiger partial charge in [-0.05, 0) is 241 Å². The van der Waals surface area contributed by atoms with Crippen LogP contribution in [0.5, 0.6) is 0 Å². The fourth-order valence-electron chi connectivity index (χ4n) is 20.9. The maximum atomic E-state index is 12.4. The molecule has 0 heterocycles. The average molecular weight is 993 g/mol. The number of aliphatic hydroxyl groups is 3. The minimum absolute atomic E-state index is 0.0168. The minimum Gasteiger partial charge on any atom is -0.452 e. The molecule has 8 fully saturated rings. The first-order chi connectivity index (χ1) is 33.7. The summed E-state index contributed by atoms with van der Waals surface area (Å²) in [5, 5.41) is 30.2. The van der Waals surface area contributed by atoms with E-state index in [4.69, 9.17) is 4.52 Å². The number of rotatable bonds is 4. The van der Waals surface area contributed by atoms with Gasteiger partial charge in [0.1, 0.15) is 5.78 Å². The van der Waals surface area contributed by atoms with Crippen LogP contribution in [0.2, 0.25) is 0 Å². The Hall–Kier alpha value is -1.85. The summed E-state index contributed by atoms with van der Waals surface area (Å²) in [5.74, 6) is 7.86. The van der Waals surface area contributed by atoms with Gasteiger partial charge in [0.15, 0.2) is 0 Å². The summed E-state index contributed by atoms with van der Waals surface area (Å²) in [7, 11) is 2.07. The van der Waals surface area contributed by atoms with Gasteiger partial charge >= 0.3 is 5.97 Å². The molecule has 0 bridgehead atoms. The molecule has 12 aliphatic carbocycles. The van der Waals surface area contributed by atoms with Gasteiger partial charge in [-0.2, -0.15) is 0 Å². The van der Waals surface area contributed by atoms with Crippen LogP contribution in [0.4, 0.5) is 0 Å². The number of carbonyl (C=O) groups is 2. The van der Waals surface area contributed by atoms with E-state index in [2.05, 4.69) is 95.2 Å². The normalized spacial score (nSPS) is 49.0. The van der Waals surface area contributed by atoms with E-state index in [0.717, 1.165) is 125 Å². The second-order valence-electron chi connectivity index (χ2n) is 28.0. The number of fused-ring (bicyclic) bond motifs is 15. The lowest BCUT2D eigenvalue weighted by Gasteiger charge is -2.58. The largest absolute Gasteiger partial charge is 0.452 e. The van der Waals surface area contributed by atoms with Crippen molar-refractivity contribution in [3.8, 4) is 0 Å². The molecule has 71 heavy (non-hydrogen) atoms. The van der Waals surface area contributed by atoms with Gasteiger partial charge in [0.25, 0.3) is 0 Å². The van der Waals surface area contributed by atoms with Crippen LogP contribution in [0, 0.1) is 91.7 Å². The Morgan fingerprint density at radius 3 is 1.46 bits per heavy atom. The molecular weight excluding hydrogens is 896 g/mol. The zero-order valence-corrected chi connectivity index (χ0v) is 46.9. The van der Waals surface area contributed by atoms with Gasteiger partial charge in [-0.15, -0.1) is 0 Å². The second kappa shape index (κ2) is 19.6. The van der Waals surface area contributed by atoms with Gasteiger partial charge < -0.3 is 19.8 Å². The van der Waals surface area contributed by atoms with Gasteiger partial charge in [0.05, 0.1) is 27.8 Å². The molecular formula is C64H97O6P. The van der Waals surface area contributed by atoms with Gasteiger partial charge in [0, 0.05) is 18.3 Å². The summed E-state index contributed by atoms with van der Waals surface area (Å²) < 4.78 is 4.77. The van der Waals surface area contributed by atoms with E-state index in [9.17, 15) is 24.9 Å². The standard InChI is InChI=1S/C24H37O3P.C21H32O.C19H28O2/c1-15(4-9-22(26)27-28)19-7-8-20-18-6-5-16-14-17(25)10-12-23(16,2)21(18)11-13-24(19,20)3;1-4-14-6-8-18-17-7-5-15-13-16(22)9-11-21(15,3)19(17)10-12-20(14,18)2;1-18-9-7-13(20)11-12(18)3-4-14-15-5-6-17(21)19(15,2)10-8-16(14)18/h5,7,15,17-18,20-21,25H,4,6,8-14,28H2,1-3H3;4-5,16-19,22H,6-13H2,1-3H3;3,13-16,20H,4-11H2,1-2H3/b;14-4+;/t15-,17+,18?,20?,21?,23+,24-;16-,17?,18?,19?,20+,21-;13-,14?,15?,16?,18-,19-/m100/s1. The molecule has 0 spiro atoms. The second-order valence-corrected chi connectivity index (χ2v) is 28.2. The van der Waals surface area contributed by atoms with Crippen molar-refractivity contribution >= 4 is 21.2 Å². The molecule has 0 saturated heterocycles. The highest BCUT2D eigenvalue weighted by Crippen LogP contribution is 2.69. The molecule has 8 saturated carbocycles. The van der Waals surface area contributed by atoms with Crippen molar-refractivity contribution in [2.75, 3.05) is 0 Å². The smallest absolute Gasteiger partial charge is 0.307 e. The summed E-state index contributed by atoms with van der Waals surface area (Å²) in [6, 6.07) is 0. The molecule has 0 aromatic carbocycles. The van der Waals surface area contributed by atoms with Crippen molar-refractivity contribution in [3.63, 3.8) is 0 Å². The number of carbonyl (C=O) groups excluding carboxylic acids is 2. The van der Waals surface area contributed by atoms with Gasteiger partial charge in [-0.25, -0.2) is 0 Å². The molecule has 3 N–H and O–H groups in total. The quantitative estimate of drug-likeness (QED) is 0.191. The number of allylic oxidation sites excluding steroid dienone is 7. The van der Waals surface area contributed by atoms with Crippen LogP contribution >= 0.6 is 9.47 Å². The highest BCUT2D eigenvalue weighted by molar-refractivity contribution is 7.10. The number of aliphatic hydroxyl groups excluding tert-OH is 3. The Morgan fingerprint density at radius 1 is 0.577 bits per heavy atom. The average Bonchev–Trinajstić information content (AvgIpc) is 4.00. The molecule has 0 aromatic rings. The molecule has 12 aliphatic rings. The predicted octanol–water partition coefficient (Wildman–Crippen LogP) is 14.7. The Balaban J connectivity index is 0.000000124. The Bertz CT molecular complexity index is 2220. The third-order valence-electron chi connectivity index (χ3n) is 25.2. The fourth-order valence-corrected chi connectivity index (χ4v) is 21.0. The van der Waals surface area contributed by atoms with E-state index in [1.807, 2.05) is 0 Å². The van der Waals surface area contributed by atoms with Crippen LogP contribution in [0.3, 0.4) is 0 Å². The number of ketones is 1. The SMILES string of the molecule is C/C=C1\CCC2C3CC=C4C[C@@H](O)CC[C@]4(C)C3CC[C@]12C.C[C@H](CCC(=O)OP)C1=CCC2C3CC=C4C[C@@H](O)CC[C@]4(C)C3CC[C@]12C.C[C@]12CC[C@H](O)CC1=CCC1C2CC[C@]2(C)C(=O)CCC12. The molecule has 6 nitrogen and oxygen atoms in total. The van der Waals surface area contributed by atoms with Crippen LogP contribution < -0.4 is 0 Å². The van der Waals surface area contributed by atoms with Crippen molar-refractivity contribution in [1.29, 1.82) is 0 Å². The van der Waals surface area contributed by atoms with E-state index < -0.39 is 0 Å². The third-order valence-corrected chi connectivity index (χ3v) is 25.5. The predicted molar refractivity (Wildman–Crippen MR) is 290 cm³/mol. The first kappa shape index (κ1) is 52.6. The first-order valence-electron chi connectivity index (χ1n) is 29.6. The number of hydrogen-bond donors (Lipinski definition) is 3. The van der Waals surface area contributed by atoms with Crippen molar-refractivity contribution in [1.82, 2.24) is 0 Å². The molecule has 20 atom stereocenters. The molecule has 0 aromatic heterocycles. The van der Waals surface area contributed by atoms with Crippen molar-refractivity contribution in [2.45, 2.75) is 234 Å². The minimum atomic E-state index is -0.127. The van der Waals surface area contributed by atoms with Crippen LogP contribution in [0.1, 0.15) is 216 Å². The van der Waals surface area contributed by atoms with E-state index in [1.54, 1.807) is 22.3 Å². The van der Waals surface area contributed by atoms with Gasteiger partial charge in [-0.1, -0.05) is 107 Å². The van der Waals surface area contributed by atoms with Gasteiger partial charge in [-0.3, -0.25) is 9.59 Å². The van der Waals surface area contributed by atoms with Crippen LogP contribution in [-0.4, -0.2) is 45.4 Å². The lowest BCUT2D eigenvalue weighted by Crippen LogP contribution is -2.50. The fraction of sp³-hybridized carbons (Fsp3) is 0.812. The zero-order valence-electron chi connectivity index (χ0n) is 45.7. The van der Waals surface area contributed by atoms with Crippen molar-refractivity contribution in [2.24, 2.45) is 91.7 Å². The summed E-state index contributed by atoms with van der Waals surface area (Å²) >= 11 is 0. The maximum absolute atomic E-state index is 12.4. The maximum Gasteiger partial charge on any atom is 0.307 e. The molecule has 0 aliphatic heterocycles. The zero-order chi connectivity index (χ0) is 50.5. The van der Waals surface area contributed by atoms with Crippen LogP contribution in [-0.2, 0) is 14.1 Å². The number of hydrogen-bond acceptors (Lipinski definition) is 6. The molecule has 0 radical (unpaired) electrons. The van der Waals surface area contributed by atoms with Crippen molar-refractivity contribution < 1.29 is 29.4 Å². The molecule has 12 rings (SSSR count). The monoisotopic (exact) mass is 993 g/mol. The van der Waals surface area contributed by atoms with Crippen molar-refractivity contribution in [3.05, 3.63) is 58.2 Å². The Kier molecular flexibility index (Phi) is 14.5. The summed E-state index contributed by atoms with van der Waals surface area (Å²) in [6.07, 6.45) is 39.9. The third kappa shape index (κ3) is 8.70. The summed E-state index contributed by atoms with van der Waals surface area (Å²) in [5.41, 5.74) is 9.78. The van der Waals surface area contributed by atoms with E-state index in [0.29, 0.717) is 57.0 Å². The summed E-state index contributed by atoms with van der Waals surface area (Å²) in [4.78, 5) is 23.9. The Morgan fingerprint density at radius 2 is 0.986 bits per heavy atom. The van der Waals surface area contributed by atoms with Crippen LogP contribution in [0.15, 0.2) is 58.2 Å². The molecule has 0 amide bonds. The van der Waals surface area contributed by atoms with Gasteiger partial charge in [0.2, 0.25) is 0 Å². The highest BCUT2D eigenvalue weighted by atomic mass is 31.0. The lowest BCUT2D eigenvalue weighted by molar-refractivity contribution is -0.133. The van der Waals surface area contributed by atoms with E-state index >= 15 is 0 Å². The van der Waals surface area contributed by atoms with E-state index in [1.165, 1.54) is 76.2 Å². The lowest BCUT2D eigenvalue weighted by atomic mass is 9.47. The molecule has 7 heteroatoms. The number of Topliss-reactive ketones (excluding diaryl/α,β-unsaturated/α-hetero) is 1. The Labute approximate surface area is 432 Å². The molecule has 394 valence electrons. The molecule has 10 unspecified atom stereocenters. The summed E-state index contributed by atoms with van der Waals surface area (Å²) in [6.45, 7) is 19.3.